The summed E-state index contributed by atoms with van der Waals surface area (Å²) in [5, 5.41) is 9.79. The van der Waals surface area contributed by atoms with Crippen LogP contribution in [0.1, 0.15) is 23.7 Å². The summed E-state index contributed by atoms with van der Waals surface area (Å²) >= 11 is 5.10. The lowest BCUT2D eigenvalue weighted by atomic mass is 10.0. The smallest absolute Gasteiger partial charge is 0.124 e. The molecule has 1 N–H and O–H groups in total. The summed E-state index contributed by atoms with van der Waals surface area (Å²) in [5.74, 6) is 1.47. The molecule has 1 aromatic carbocycles. The summed E-state index contributed by atoms with van der Waals surface area (Å²) < 4.78 is 13.9. The molecule has 0 saturated carbocycles. The zero-order chi connectivity index (χ0) is 10.1. The van der Waals surface area contributed by atoms with E-state index in [2.05, 4.69) is 15.9 Å². The van der Waals surface area contributed by atoms with Crippen molar-refractivity contribution in [1.29, 1.82) is 0 Å². The van der Waals surface area contributed by atoms with Gasteiger partial charge in [0.2, 0.25) is 0 Å². The first kappa shape index (κ1) is 10.5. The number of benzene rings is 1. The number of fused-ring (bicyclic) bond motifs is 1. The minimum Gasteiger partial charge on any atom is -0.388 e. The van der Waals surface area contributed by atoms with E-state index >= 15 is 0 Å². The lowest BCUT2D eigenvalue weighted by Crippen LogP contribution is -2.01. The fraction of sp³-hybridized carbons (Fsp3) is 0.400. The molecule has 2 rings (SSSR count). The van der Waals surface area contributed by atoms with Crippen molar-refractivity contribution >= 4 is 27.7 Å². The van der Waals surface area contributed by atoms with Gasteiger partial charge in [-0.25, -0.2) is 4.39 Å². The van der Waals surface area contributed by atoms with Crippen LogP contribution in [-0.4, -0.2) is 10.9 Å². The van der Waals surface area contributed by atoms with E-state index in [4.69, 9.17) is 0 Å². The van der Waals surface area contributed by atoms with Gasteiger partial charge in [-0.05, 0) is 35.4 Å². The van der Waals surface area contributed by atoms with Crippen LogP contribution >= 0.6 is 27.7 Å². The van der Waals surface area contributed by atoms with Crippen LogP contribution in [0.25, 0.3) is 0 Å². The highest BCUT2D eigenvalue weighted by Crippen LogP contribution is 2.35. The second-order valence-corrected chi connectivity index (χ2v) is 5.27. The summed E-state index contributed by atoms with van der Waals surface area (Å²) in [4.78, 5) is 0. The Morgan fingerprint density at radius 2 is 2.29 bits per heavy atom. The van der Waals surface area contributed by atoms with E-state index in [1.54, 1.807) is 11.8 Å². The number of halogens is 2. The van der Waals surface area contributed by atoms with Crippen LogP contribution in [0.2, 0.25) is 0 Å². The second kappa shape index (κ2) is 4.21. The Morgan fingerprint density at radius 3 is 3.07 bits per heavy atom. The Kier molecular flexibility index (Phi) is 3.14. The van der Waals surface area contributed by atoms with Gasteiger partial charge in [0.05, 0.1) is 6.10 Å². The first-order valence-electron chi connectivity index (χ1n) is 4.42. The number of hydrogen-bond acceptors (Lipinski definition) is 2. The molecule has 0 amide bonds. The Labute approximate surface area is 94.8 Å². The van der Waals surface area contributed by atoms with Crippen LogP contribution in [0.15, 0.2) is 16.6 Å². The van der Waals surface area contributed by atoms with Gasteiger partial charge < -0.3 is 5.11 Å². The molecular formula is C10H10BrFOS. The second-order valence-electron chi connectivity index (χ2n) is 3.31. The van der Waals surface area contributed by atoms with E-state index in [0.29, 0.717) is 6.42 Å². The summed E-state index contributed by atoms with van der Waals surface area (Å²) in [7, 11) is 0. The molecule has 0 unspecified atom stereocenters. The highest BCUT2D eigenvalue weighted by atomic mass is 79.9. The molecule has 0 fully saturated rings. The maximum absolute atomic E-state index is 13.1. The highest BCUT2D eigenvalue weighted by molar-refractivity contribution is 9.10. The molecule has 1 heterocycles. The van der Waals surface area contributed by atoms with Crippen molar-refractivity contribution in [2.45, 2.75) is 18.3 Å². The van der Waals surface area contributed by atoms with E-state index in [9.17, 15) is 9.50 Å². The zero-order valence-corrected chi connectivity index (χ0v) is 9.87. The lowest BCUT2D eigenvalue weighted by molar-refractivity contribution is 0.174. The van der Waals surface area contributed by atoms with E-state index < -0.39 is 6.10 Å². The van der Waals surface area contributed by atoms with Crippen LogP contribution in [0.4, 0.5) is 4.39 Å². The number of hydrogen-bond donors (Lipinski definition) is 1. The molecule has 1 aromatic rings. The lowest BCUT2D eigenvalue weighted by Gasteiger charge is -2.12. The van der Waals surface area contributed by atoms with Crippen molar-refractivity contribution in [3.8, 4) is 0 Å². The largest absolute Gasteiger partial charge is 0.388 e. The maximum Gasteiger partial charge on any atom is 0.124 e. The summed E-state index contributed by atoms with van der Waals surface area (Å²) in [6.45, 7) is 0. The third kappa shape index (κ3) is 1.97. The molecule has 0 saturated heterocycles. The molecule has 0 spiro atoms. The molecule has 76 valence electrons. The van der Waals surface area contributed by atoms with Gasteiger partial charge in [-0.3, -0.25) is 0 Å². The van der Waals surface area contributed by atoms with Crippen molar-refractivity contribution in [3.63, 3.8) is 0 Å². The standard InChI is InChI=1S/C10H10BrFOS/c11-9-4-6(12)3-7-8(9)5-14-2-1-10(7)13/h3-4,10,13H,1-2,5H2/t10-/m1/s1. The fourth-order valence-corrected chi connectivity index (χ4v) is 3.43. The molecule has 0 aliphatic carbocycles. The average molecular weight is 277 g/mol. The third-order valence-electron chi connectivity index (χ3n) is 2.34. The van der Waals surface area contributed by atoms with Gasteiger partial charge in [0.25, 0.3) is 0 Å². The SMILES string of the molecule is O[C@@H]1CCSCc2c(Br)cc(F)cc21. The predicted octanol–water partition coefficient (Wildman–Crippen LogP) is 3.26. The van der Waals surface area contributed by atoms with Crippen molar-refractivity contribution < 1.29 is 9.50 Å². The highest BCUT2D eigenvalue weighted by Gasteiger charge is 2.19. The van der Waals surface area contributed by atoms with E-state index in [-0.39, 0.29) is 5.82 Å². The molecule has 4 heteroatoms. The normalized spacial score (nSPS) is 21.5. The first-order valence-corrected chi connectivity index (χ1v) is 6.37. The average Bonchev–Trinajstić information content (AvgIpc) is 2.29. The van der Waals surface area contributed by atoms with E-state index in [0.717, 1.165) is 27.1 Å². The summed E-state index contributed by atoms with van der Waals surface area (Å²) in [6.07, 6.45) is 0.181. The topological polar surface area (TPSA) is 20.2 Å². The molecule has 0 bridgehead atoms. The number of rotatable bonds is 0. The summed E-state index contributed by atoms with van der Waals surface area (Å²) in [5.41, 5.74) is 1.77. The number of aliphatic hydroxyl groups excluding tert-OH is 1. The quantitative estimate of drug-likeness (QED) is 0.785. The Morgan fingerprint density at radius 1 is 1.50 bits per heavy atom. The fourth-order valence-electron chi connectivity index (χ4n) is 1.60. The van der Waals surface area contributed by atoms with Gasteiger partial charge in [-0.1, -0.05) is 15.9 Å². The third-order valence-corrected chi connectivity index (χ3v) is 4.06. The Bertz CT molecular complexity index is 356. The summed E-state index contributed by atoms with van der Waals surface area (Å²) in [6, 6.07) is 2.90. The van der Waals surface area contributed by atoms with Gasteiger partial charge in [0.15, 0.2) is 0 Å². The molecule has 1 nitrogen and oxygen atoms in total. The van der Waals surface area contributed by atoms with Crippen LogP contribution in [0.5, 0.6) is 0 Å². The van der Waals surface area contributed by atoms with Gasteiger partial charge in [0, 0.05) is 10.2 Å². The van der Waals surface area contributed by atoms with Crippen LogP contribution in [-0.2, 0) is 5.75 Å². The van der Waals surface area contributed by atoms with Crippen LogP contribution in [0, 0.1) is 5.82 Å². The molecule has 0 aromatic heterocycles. The number of thioether (sulfide) groups is 1. The van der Waals surface area contributed by atoms with Crippen LogP contribution in [0.3, 0.4) is 0 Å². The monoisotopic (exact) mass is 276 g/mol. The first-order chi connectivity index (χ1) is 6.68. The van der Waals surface area contributed by atoms with E-state index in [1.807, 2.05) is 0 Å². The van der Waals surface area contributed by atoms with Gasteiger partial charge in [0.1, 0.15) is 5.82 Å². The molecule has 1 aliphatic rings. The van der Waals surface area contributed by atoms with Crippen molar-refractivity contribution in [2.24, 2.45) is 0 Å². The molecule has 1 atom stereocenters. The molecule has 0 radical (unpaired) electrons. The van der Waals surface area contributed by atoms with Crippen molar-refractivity contribution in [3.05, 3.63) is 33.5 Å². The van der Waals surface area contributed by atoms with Gasteiger partial charge >= 0.3 is 0 Å². The van der Waals surface area contributed by atoms with Gasteiger partial charge in [-0.2, -0.15) is 11.8 Å². The maximum atomic E-state index is 13.1. The minimum absolute atomic E-state index is 0.290. The Hall–Kier alpha value is -0.0600. The van der Waals surface area contributed by atoms with E-state index in [1.165, 1.54) is 12.1 Å². The van der Waals surface area contributed by atoms with Crippen LogP contribution < -0.4 is 0 Å². The Balaban J connectivity index is 2.53. The predicted molar refractivity (Wildman–Crippen MR) is 59.8 cm³/mol. The molecule has 14 heavy (non-hydrogen) atoms. The number of aliphatic hydroxyl groups is 1. The van der Waals surface area contributed by atoms with Crippen molar-refractivity contribution in [2.75, 3.05) is 5.75 Å². The van der Waals surface area contributed by atoms with Gasteiger partial charge in [-0.15, -0.1) is 0 Å². The molecular weight excluding hydrogens is 267 g/mol. The zero-order valence-electron chi connectivity index (χ0n) is 7.46. The van der Waals surface area contributed by atoms with Crippen molar-refractivity contribution in [1.82, 2.24) is 0 Å². The molecule has 1 aliphatic heterocycles. The minimum atomic E-state index is -0.521.